The summed E-state index contributed by atoms with van der Waals surface area (Å²) >= 11 is 0. The van der Waals surface area contributed by atoms with E-state index in [-0.39, 0.29) is 6.03 Å². The van der Waals surface area contributed by atoms with Gasteiger partial charge in [0.25, 0.3) is 0 Å². The molecule has 1 heterocycles. The van der Waals surface area contributed by atoms with Crippen LogP contribution in [-0.4, -0.2) is 55.6 Å². The van der Waals surface area contributed by atoms with Crippen molar-refractivity contribution in [3.05, 3.63) is 12.2 Å². The lowest BCUT2D eigenvalue weighted by molar-refractivity contribution is 0.152. The fraction of sp³-hybridized carbons (Fsp3) is 0.769. The van der Waals surface area contributed by atoms with Crippen LogP contribution in [0.25, 0.3) is 0 Å². The van der Waals surface area contributed by atoms with Crippen LogP contribution < -0.4 is 5.32 Å². The van der Waals surface area contributed by atoms with Crippen LogP contribution in [0, 0.1) is 0 Å². The number of nitrogens with zero attached hydrogens (tertiary/aromatic N) is 2. The van der Waals surface area contributed by atoms with E-state index in [0.717, 1.165) is 38.9 Å². The lowest BCUT2D eigenvalue weighted by atomic mass is 10.1. The van der Waals surface area contributed by atoms with Gasteiger partial charge in [-0.3, -0.25) is 0 Å². The smallest absolute Gasteiger partial charge is 0.319 e. The minimum Gasteiger partial charge on any atom is -0.331 e. The molecule has 0 aromatic heterocycles. The Kier molecular flexibility index (Phi) is 6.05. The number of hydrogen-bond donors (Lipinski definition) is 1. The van der Waals surface area contributed by atoms with Gasteiger partial charge in [-0.15, -0.1) is 0 Å². The monoisotopic (exact) mass is 239 g/mol. The van der Waals surface area contributed by atoms with E-state index in [0.29, 0.717) is 6.04 Å². The van der Waals surface area contributed by atoms with E-state index in [4.69, 9.17) is 0 Å². The summed E-state index contributed by atoms with van der Waals surface area (Å²) in [5.74, 6) is 0. The van der Waals surface area contributed by atoms with Crippen LogP contribution in [0.2, 0.25) is 0 Å². The molecule has 0 saturated carbocycles. The van der Waals surface area contributed by atoms with E-state index >= 15 is 0 Å². The number of carbonyl (C=O) groups excluding carboxylic acids is 1. The third-order valence-corrected chi connectivity index (χ3v) is 3.13. The third-order valence-electron chi connectivity index (χ3n) is 3.13. The molecule has 0 spiro atoms. The van der Waals surface area contributed by atoms with Gasteiger partial charge in [0, 0.05) is 33.2 Å². The molecule has 1 saturated heterocycles. The Morgan fingerprint density at radius 2 is 2.06 bits per heavy atom. The SMILES string of the molecule is C/C=C/CCNC1CCN(C(=O)N(C)C)CC1. The van der Waals surface area contributed by atoms with Crippen LogP contribution in [0.1, 0.15) is 26.2 Å². The summed E-state index contributed by atoms with van der Waals surface area (Å²) < 4.78 is 0. The standard InChI is InChI=1S/C13H25N3O/c1-4-5-6-9-14-12-7-10-16(11-8-12)13(17)15(2)3/h4-5,12,14H,6-11H2,1-3H3/b5-4+. The number of amides is 2. The topological polar surface area (TPSA) is 35.6 Å². The maximum absolute atomic E-state index is 11.7. The Morgan fingerprint density at radius 1 is 1.41 bits per heavy atom. The van der Waals surface area contributed by atoms with E-state index < -0.39 is 0 Å². The van der Waals surface area contributed by atoms with Gasteiger partial charge < -0.3 is 15.1 Å². The van der Waals surface area contributed by atoms with Gasteiger partial charge in [-0.2, -0.15) is 0 Å². The first-order valence-corrected chi connectivity index (χ1v) is 6.46. The number of urea groups is 1. The van der Waals surface area contributed by atoms with Gasteiger partial charge >= 0.3 is 6.03 Å². The second-order valence-electron chi connectivity index (χ2n) is 4.75. The van der Waals surface area contributed by atoms with Crippen molar-refractivity contribution in [2.75, 3.05) is 33.7 Å². The maximum atomic E-state index is 11.7. The Bertz CT molecular complexity index is 255. The van der Waals surface area contributed by atoms with Crippen molar-refractivity contribution in [2.45, 2.75) is 32.2 Å². The molecular weight excluding hydrogens is 214 g/mol. The number of piperidine rings is 1. The molecule has 0 aromatic carbocycles. The lowest BCUT2D eigenvalue weighted by Gasteiger charge is -2.34. The molecule has 1 aliphatic heterocycles. The van der Waals surface area contributed by atoms with Gasteiger partial charge in [-0.25, -0.2) is 4.79 Å². The van der Waals surface area contributed by atoms with Crippen molar-refractivity contribution in [2.24, 2.45) is 0 Å². The second kappa shape index (κ2) is 7.33. The van der Waals surface area contributed by atoms with Crippen LogP contribution in [0.3, 0.4) is 0 Å². The molecule has 1 N–H and O–H groups in total. The molecule has 1 rings (SSSR count). The Hall–Kier alpha value is -1.03. The second-order valence-corrected chi connectivity index (χ2v) is 4.75. The molecule has 0 aliphatic carbocycles. The molecule has 4 heteroatoms. The van der Waals surface area contributed by atoms with Crippen LogP contribution in [0.15, 0.2) is 12.2 Å². The van der Waals surface area contributed by atoms with Crippen molar-refractivity contribution >= 4 is 6.03 Å². The highest BCUT2D eigenvalue weighted by molar-refractivity contribution is 5.73. The third kappa shape index (κ3) is 4.77. The summed E-state index contributed by atoms with van der Waals surface area (Å²) in [5, 5.41) is 3.54. The number of likely N-dealkylation sites (tertiary alicyclic amines) is 1. The molecule has 98 valence electrons. The van der Waals surface area contributed by atoms with Crippen molar-refractivity contribution < 1.29 is 4.79 Å². The van der Waals surface area contributed by atoms with Gasteiger partial charge in [-0.1, -0.05) is 12.2 Å². The molecular formula is C13H25N3O. The number of hydrogen-bond acceptors (Lipinski definition) is 2. The summed E-state index contributed by atoms with van der Waals surface area (Å²) in [4.78, 5) is 15.3. The van der Waals surface area contributed by atoms with E-state index in [1.807, 2.05) is 25.9 Å². The number of nitrogens with one attached hydrogen (secondary N) is 1. The van der Waals surface area contributed by atoms with E-state index in [9.17, 15) is 4.79 Å². The van der Waals surface area contributed by atoms with Crippen LogP contribution >= 0.6 is 0 Å². The highest BCUT2D eigenvalue weighted by atomic mass is 16.2. The average Bonchev–Trinajstić information content (AvgIpc) is 2.34. The van der Waals surface area contributed by atoms with Crippen LogP contribution in [0.4, 0.5) is 4.79 Å². The zero-order chi connectivity index (χ0) is 12.7. The van der Waals surface area contributed by atoms with Crippen molar-refractivity contribution in [1.82, 2.24) is 15.1 Å². The summed E-state index contributed by atoms with van der Waals surface area (Å²) in [6, 6.07) is 0.712. The molecule has 4 nitrogen and oxygen atoms in total. The highest BCUT2D eigenvalue weighted by Crippen LogP contribution is 2.11. The molecule has 0 atom stereocenters. The van der Waals surface area contributed by atoms with Gasteiger partial charge in [0.15, 0.2) is 0 Å². The predicted octanol–water partition coefficient (Wildman–Crippen LogP) is 1.69. The first-order chi connectivity index (χ1) is 8.15. The Morgan fingerprint density at radius 3 is 2.59 bits per heavy atom. The van der Waals surface area contributed by atoms with E-state index in [1.54, 1.807) is 4.90 Å². The molecule has 0 unspecified atom stereocenters. The van der Waals surface area contributed by atoms with Gasteiger partial charge in [0.05, 0.1) is 0 Å². The summed E-state index contributed by atoms with van der Waals surface area (Å²) in [6.45, 7) is 4.83. The number of allylic oxidation sites excluding steroid dienone is 1. The molecule has 0 aromatic rings. The quantitative estimate of drug-likeness (QED) is 0.598. The average molecular weight is 239 g/mol. The molecule has 0 bridgehead atoms. The number of carbonyl (C=O) groups is 1. The van der Waals surface area contributed by atoms with Gasteiger partial charge in [0.2, 0.25) is 0 Å². The zero-order valence-electron chi connectivity index (χ0n) is 11.3. The Labute approximate surface area is 105 Å². The van der Waals surface area contributed by atoms with Gasteiger partial charge in [0.1, 0.15) is 0 Å². The van der Waals surface area contributed by atoms with Crippen LogP contribution in [0.5, 0.6) is 0 Å². The minimum atomic E-state index is 0.136. The predicted molar refractivity (Wildman–Crippen MR) is 71.1 cm³/mol. The largest absolute Gasteiger partial charge is 0.331 e. The van der Waals surface area contributed by atoms with Crippen molar-refractivity contribution in [3.8, 4) is 0 Å². The summed E-state index contributed by atoms with van der Waals surface area (Å²) in [6.07, 6.45) is 7.48. The first kappa shape index (κ1) is 14.0. The van der Waals surface area contributed by atoms with Crippen LogP contribution in [-0.2, 0) is 0 Å². The van der Waals surface area contributed by atoms with E-state index in [1.165, 1.54) is 0 Å². The normalized spacial score (nSPS) is 17.7. The fourth-order valence-corrected chi connectivity index (χ4v) is 2.10. The minimum absolute atomic E-state index is 0.136. The lowest BCUT2D eigenvalue weighted by Crippen LogP contribution is -2.48. The molecule has 17 heavy (non-hydrogen) atoms. The zero-order valence-corrected chi connectivity index (χ0v) is 11.3. The first-order valence-electron chi connectivity index (χ1n) is 6.46. The van der Waals surface area contributed by atoms with Crippen molar-refractivity contribution in [3.63, 3.8) is 0 Å². The summed E-state index contributed by atoms with van der Waals surface area (Å²) in [7, 11) is 3.62. The molecule has 2 amide bonds. The highest BCUT2D eigenvalue weighted by Gasteiger charge is 2.22. The van der Waals surface area contributed by atoms with E-state index in [2.05, 4.69) is 17.5 Å². The molecule has 1 aliphatic rings. The molecule has 0 radical (unpaired) electrons. The molecule has 1 fully saturated rings. The number of rotatable bonds is 4. The Balaban J connectivity index is 2.19. The maximum Gasteiger partial charge on any atom is 0.319 e. The van der Waals surface area contributed by atoms with Gasteiger partial charge in [-0.05, 0) is 32.7 Å². The fourth-order valence-electron chi connectivity index (χ4n) is 2.10. The summed E-state index contributed by atoms with van der Waals surface area (Å²) in [5.41, 5.74) is 0. The van der Waals surface area contributed by atoms with Crippen molar-refractivity contribution in [1.29, 1.82) is 0 Å².